The smallest absolute Gasteiger partial charge is 0.0366 e. The Morgan fingerprint density at radius 1 is 0.895 bits per heavy atom. The summed E-state index contributed by atoms with van der Waals surface area (Å²) in [6.45, 7) is 6.70. The molecule has 1 heteroatoms. The Labute approximate surface area is 116 Å². The first-order valence-corrected chi connectivity index (χ1v) is 7.16. The fraction of sp³-hybridized carbons (Fsp3) is 0.333. The Bertz CT molecular complexity index is 464. The van der Waals surface area contributed by atoms with Crippen molar-refractivity contribution in [3.8, 4) is 0 Å². The van der Waals surface area contributed by atoms with Gasteiger partial charge in [-0.15, -0.1) is 0 Å². The van der Waals surface area contributed by atoms with Gasteiger partial charge in [0, 0.05) is 18.8 Å². The van der Waals surface area contributed by atoms with E-state index in [0.29, 0.717) is 5.92 Å². The first-order chi connectivity index (χ1) is 9.31. The lowest BCUT2D eigenvalue weighted by molar-refractivity contribution is 0.654. The molecule has 0 fully saturated rings. The Morgan fingerprint density at radius 3 is 2.05 bits per heavy atom. The fourth-order valence-corrected chi connectivity index (χ4v) is 2.41. The van der Waals surface area contributed by atoms with E-state index in [4.69, 9.17) is 0 Å². The van der Waals surface area contributed by atoms with Gasteiger partial charge in [0.1, 0.15) is 0 Å². The second kappa shape index (κ2) is 6.98. The van der Waals surface area contributed by atoms with E-state index in [1.54, 1.807) is 0 Å². The predicted molar refractivity (Wildman–Crippen MR) is 83.8 cm³/mol. The van der Waals surface area contributed by atoms with E-state index in [1.807, 2.05) is 0 Å². The van der Waals surface area contributed by atoms with Crippen LogP contribution < -0.4 is 4.90 Å². The molecule has 2 aromatic rings. The van der Waals surface area contributed by atoms with Crippen molar-refractivity contribution < 1.29 is 0 Å². The molecule has 0 radical (unpaired) electrons. The monoisotopic (exact) mass is 253 g/mol. The van der Waals surface area contributed by atoms with Crippen LogP contribution in [0.4, 0.5) is 5.69 Å². The van der Waals surface area contributed by atoms with Crippen LogP contribution in [-0.2, 0) is 0 Å². The summed E-state index contributed by atoms with van der Waals surface area (Å²) in [4.78, 5) is 2.44. The minimum atomic E-state index is 0.610. The number of para-hydroxylation sites is 1. The zero-order valence-corrected chi connectivity index (χ0v) is 11.9. The third-order valence-electron chi connectivity index (χ3n) is 3.70. The van der Waals surface area contributed by atoms with Gasteiger partial charge in [-0.3, -0.25) is 0 Å². The third kappa shape index (κ3) is 3.85. The molecule has 0 bridgehead atoms. The molecule has 1 unspecified atom stereocenters. The minimum absolute atomic E-state index is 0.610. The van der Waals surface area contributed by atoms with Gasteiger partial charge in [0.05, 0.1) is 0 Å². The van der Waals surface area contributed by atoms with E-state index in [9.17, 15) is 0 Å². The summed E-state index contributed by atoms with van der Waals surface area (Å²) >= 11 is 0. The van der Waals surface area contributed by atoms with Crippen molar-refractivity contribution in [1.29, 1.82) is 0 Å². The maximum absolute atomic E-state index is 2.44. The SMILES string of the molecule is CCN(CCC(C)c1ccccc1)c1ccccc1. The number of hydrogen-bond acceptors (Lipinski definition) is 1. The second-order valence-corrected chi connectivity index (χ2v) is 5.02. The lowest BCUT2D eigenvalue weighted by Gasteiger charge is -2.25. The number of benzene rings is 2. The molecule has 2 aromatic carbocycles. The molecule has 19 heavy (non-hydrogen) atoms. The van der Waals surface area contributed by atoms with Crippen LogP contribution in [0.25, 0.3) is 0 Å². The number of rotatable bonds is 6. The summed E-state index contributed by atoms with van der Waals surface area (Å²) in [6.07, 6.45) is 1.19. The molecule has 0 aliphatic heterocycles. The van der Waals surface area contributed by atoms with Gasteiger partial charge >= 0.3 is 0 Å². The maximum Gasteiger partial charge on any atom is 0.0366 e. The van der Waals surface area contributed by atoms with Gasteiger partial charge in [-0.25, -0.2) is 0 Å². The van der Waals surface area contributed by atoms with E-state index >= 15 is 0 Å². The van der Waals surface area contributed by atoms with E-state index in [1.165, 1.54) is 17.7 Å². The Hall–Kier alpha value is -1.76. The molecule has 100 valence electrons. The highest BCUT2D eigenvalue weighted by molar-refractivity contribution is 5.45. The van der Waals surface area contributed by atoms with Crippen LogP contribution >= 0.6 is 0 Å². The molecule has 0 N–H and O–H groups in total. The van der Waals surface area contributed by atoms with E-state index in [0.717, 1.165) is 13.1 Å². The lowest BCUT2D eigenvalue weighted by atomic mass is 9.97. The predicted octanol–water partition coefficient (Wildman–Crippen LogP) is 4.71. The van der Waals surface area contributed by atoms with Crippen molar-refractivity contribution in [3.63, 3.8) is 0 Å². The molecule has 1 atom stereocenters. The average Bonchev–Trinajstić information content (AvgIpc) is 2.49. The molecule has 0 saturated heterocycles. The van der Waals surface area contributed by atoms with Crippen molar-refractivity contribution in [2.45, 2.75) is 26.2 Å². The second-order valence-electron chi connectivity index (χ2n) is 5.02. The van der Waals surface area contributed by atoms with Crippen LogP contribution in [0, 0.1) is 0 Å². The van der Waals surface area contributed by atoms with Crippen molar-refractivity contribution in [3.05, 3.63) is 66.2 Å². The van der Waals surface area contributed by atoms with Gasteiger partial charge in [0.15, 0.2) is 0 Å². The van der Waals surface area contributed by atoms with Gasteiger partial charge in [0.25, 0.3) is 0 Å². The molecule has 0 amide bonds. The van der Waals surface area contributed by atoms with Gasteiger partial charge in [-0.05, 0) is 37.0 Å². The number of anilines is 1. The van der Waals surface area contributed by atoms with Gasteiger partial charge in [-0.1, -0.05) is 55.5 Å². The van der Waals surface area contributed by atoms with Crippen molar-refractivity contribution >= 4 is 5.69 Å². The zero-order valence-electron chi connectivity index (χ0n) is 11.9. The Balaban J connectivity index is 1.94. The Kier molecular flexibility index (Phi) is 5.02. The number of nitrogens with zero attached hydrogens (tertiary/aromatic N) is 1. The summed E-state index contributed by atoms with van der Waals surface area (Å²) < 4.78 is 0. The highest BCUT2D eigenvalue weighted by Crippen LogP contribution is 2.21. The van der Waals surface area contributed by atoms with Crippen molar-refractivity contribution in [2.24, 2.45) is 0 Å². The summed E-state index contributed by atoms with van der Waals surface area (Å²) in [6, 6.07) is 21.5. The minimum Gasteiger partial charge on any atom is -0.372 e. The first kappa shape index (κ1) is 13.7. The third-order valence-corrected chi connectivity index (χ3v) is 3.70. The van der Waals surface area contributed by atoms with E-state index in [-0.39, 0.29) is 0 Å². The molecule has 0 heterocycles. The largest absolute Gasteiger partial charge is 0.372 e. The van der Waals surface area contributed by atoms with Crippen LogP contribution in [0.5, 0.6) is 0 Å². The molecule has 1 nitrogen and oxygen atoms in total. The van der Waals surface area contributed by atoms with Gasteiger partial charge in [0.2, 0.25) is 0 Å². The molecule has 0 aliphatic carbocycles. The van der Waals surface area contributed by atoms with E-state index < -0.39 is 0 Å². The Morgan fingerprint density at radius 2 is 1.47 bits per heavy atom. The maximum atomic E-state index is 2.44. The molecule has 0 spiro atoms. The quantitative estimate of drug-likeness (QED) is 0.721. The fourth-order valence-electron chi connectivity index (χ4n) is 2.41. The highest BCUT2D eigenvalue weighted by Gasteiger charge is 2.08. The van der Waals surface area contributed by atoms with Crippen LogP contribution in [-0.4, -0.2) is 13.1 Å². The molecular formula is C18H23N. The van der Waals surface area contributed by atoms with Crippen LogP contribution in [0.15, 0.2) is 60.7 Å². The van der Waals surface area contributed by atoms with E-state index in [2.05, 4.69) is 79.4 Å². The van der Waals surface area contributed by atoms with Gasteiger partial charge in [-0.2, -0.15) is 0 Å². The normalized spacial score (nSPS) is 12.1. The van der Waals surface area contributed by atoms with Gasteiger partial charge < -0.3 is 4.90 Å². The van der Waals surface area contributed by atoms with Crippen molar-refractivity contribution in [2.75, 3.05) is 18.0 Å². The first-order valence-electron chi connectivity index (χ1n) is 7.16. The average molecular weight is 253 g/mol. The van der Waals surface area contributed by atoms with Crippen LogP contribution in [0.1, 0.15) is 31.7 Å². The summed E-state index contributed by atoms with van der Waals surface area (Å²) in [5.74, 6) is 0.610. The molecule has 0 aliphatic rings. The molecular weight excluding hydrogens is 230 g/mol. The van der Waals surface area contributed by atoms with Crippen LogP contribution in [0.2, 0.25) is 0 Å². The number of hydrogen-bond donors (Lipinski definition) is 0. The zero-order chi connectivity index (χ0) is 13.5. The summed E-state index contributed by atoms with van der Waals surface area (Å²) in [7, 11) is 0. The molecule has 0 saturated carbocycles. The highest BCUT2D eigenvalue weighted by atomic mass is 15.1. The van der Waals surface area contributed by atoms with Crippen molar-refractivity contribution in [1.82, 2.24) is 0 Å². The summed E-state index contributed by atoms with van der Waals surface area (Å²) in [5.41, 5.74) is 2.76. The lowest BCUT2D eigenvalue weighted by Crippen LogP contribution is -2.24. The standard InChI is InChI=1S/C18H23N/c1-3-19(18-12-8-5-9-13-18)15-14-16(2)17-10-6-4-7-11-17/h4-13,16H,3,14-15H2,1-2H3. The molecule has 2 rings (SSSR count). The summed E-state index contributed by atoms with van der Waals surface area (Å²) in [5, 5.41) is 0. The molecule has 0 aromatic heterocycles. The van der Waals surface area contributed by atoms with Crippen LogP contribution in [0.3, 0.4) is 0 Å². The topological polar surface area (TPSA) is 3.24 Å².